The highest BCUT2D eigenvalue weighted by atomic mass is 16.3. The lowest BCUT2D eigenvalue weighted by atomic mass is 9.98. The van der Waals surface area contributed by atoms with Gasteiger partial charge in [0.15, 0.2) is 0 Å². The summed E-state index contributed by atoms with van der Waals surface area (Å²) >= 11 is 0. The normalized spacial score (nSPS) is 10.8. The van der Waals surface area contributed by atoms with Crippen molar-refractivity contribution in [1.29, 1.82) is 0 Å². The zero-order valence-corrected chi connectivity index (χ0v) is 12.4. The number of benzene rings is 2. The predicted octanol–water partition coefficient (Wildman–Crippen LogP) is 4.11. The fourth-order valence-electron chi connectivity index (χ4n) is 2.58. The monoisotopic (exact) mass is 294 g/mol. The highest BCUT2D eigenvalue weighted by molar-refractivity contribution is 5.74. The van der Waals surface area contributed by atoms with Crippen LogP contribution >= 0.6 is 0 Å². The molecule has 0 aliphatic rings. The minimum absolute atomic E-state index is 0.245. The first-order valence-corrected chi connectivity index (χ1v) is 7.35. The molecule has 0 fully saturated rings. The molecule has 3 rings (SSSR count). The second kappa shape index (κ2) is 5.93. The lowest BCUT2D eigenvalue weighted by molar-refractivity contribution is 0.475. The lowest BCUT2D eigenvalue weighted by Crippen LogP contribution is -1.89. The number of aromatic amines is 1. The molecule has 0 aliphatic heterocycles. The molecule has 0 radical (unpaired) electrons. The molecule has 1 aromatic heterocycles. The molecule has 0 aliphatic carbocycles. The van der Waals surface area contributed by atoms with Gasteiger partial charge in [-0.2, -0.15) is 5.10 Å². The van der Waals surface area contributed by atoms with E-state index in [4.69, 9.17) is 0 Å². The Morgan fingerprint density at radius 2 is 1.41 bits per heavy atom. The second-order valence-corrected chi connectivity index (χ2v) is 5.27. The number of aromatic hydroxyl groups is 2. The first-order chi connectivity index (χ1) is 10.7. The molecule has 4 nitrogen and oxygen atoms in total. The summed E-state index contributed by atoms with van der Waals surface area (Å²) in [5, 5.41) is 26.4. The minimum atomic E-state index is 0.245. The summed E-state index contributed by atoms with van der Waals surface area (Å²) < 4.78 is 0. The van der Waals surface area contributed by atoms with Crippen molar-refractivity contribution in [3.05, 3.63) is 54.1 Å². The van der Waals surface area contributed by atoms with E-state index in [1.165, 1.54) is 0 Å². The Hall–Kier alpha value is -2.75. The molecule has 112 valence electrons. The molecule has 4 heteroatoms. The van der Waals surface area contributed by atoms with Crippen molar-refractivity contribution in [2.45, 2.75) is 19.8 Å². The van der Waals surface area contributed by atoms with Crippen LogP contribution in [0.4, 0.5) is 0 Å². The third-order valence-electron chi connectivity index (χ3n) is 3.66. The molecule has 0 unspecified atom stereocenters. The molecule has 1 heterocycles. The molecule has 2 aromatic carbocycles. The van der Waals surface area contributed by atoms with Crippen molar-refractivity contribution < 1.29 is 10.2 Å². The van der Waals surface area contributed by atoms with Crippen molar-refractivity contribution in [3.63, 3.8) is 0 Å². The number of nitrogens with one attached hydrogen (secondary N) is 1. The van der Waals surface area contributed by atoms with Crippen LogP contribution in [0, 0.1) is 0 Å². The van der Waals surface area contributed by atoms with Gasteiger partial charge in [0, 0.05) is 16.7 Å². The summed E-state index contributed by atoms with van der Waals surface area (Å²) in [6.07, 6.45) is 1.92. The number of hydrogen-bond acceptors (Lipinski definition) is 3. The first-order valence-electron chi connectivity index (χ1n) is 7.35. The smallest absolute Gasteiger partial charge is 0.115 e. The fraction of sp³-hybridized carbons (Fsp3) is 0.167. The van der Waals surface area contributed by atoms with Crippen LogP contribution in [0.15, 0.2) is 48.5 Å². The molecule has 0 saturated heterocycles. The average molecular weight is 294 g/mol. The number of nitrogens with zero attached hydrogens (tertiary/aromatic N) is 1. The Labute approximate surface area is 129 Å². The van der Waals surface area contributed by atoms with Gasteiger partial charge in [-0.1, -0.05) is 13.3 Å². The van der Waals surface area contributed by atoms with Gasteiger partial charge in [0.2, 0.25) is 0 Å². The number of hydrogen-bond donors (Lipinski definition) is 3. The van der Waals surface area contributed by atoms with Crippen molar-refractivity contribution in [2.75, 3.05) is 0 Å². The Bertz CT molecular complexity index is 696. The van der Waals surface area contributed by atoms with Crippen molar-refractivity contribution >= 4 is 0 Å². The zero-order valence-electron chi connectivity index (χ0n) is 12.4. The van der Waals surface area contributed by atoms with Crippen molar-refractivity contribution in [3.8, 4) is 34.0 Å². The zero-order chi connectivity index (χ0) is 15.5. The maximum absolute atomic E-state index is 9.44. The van der Waals surface area contributed by atoms with Gasteiger partial charge in [0.1, 0.15) is 11.5 Å². The average Bonchev–Trinajstić information content (AvgIpc) is 2.93. The number of rotatable bonds is 4. The Morgan fingerprint density at radius 3 is 1.95 bits per heavy atom. The van der Waals surface area contributed by atoms with Crippen LogP contribution in [-0.2, 0) is 6.42 Å². The van der Waals surface area contributed by atoms with E-state index in [-0.39, 0.29) is 11.5 Å². The molecule has 0 saturated carbocycles. The van der Waals surface area contributed by atoms with Crippen LogP contribution in [0.3, 0.4) is 0 Å². The molecule has 0 bridgehead atoms. The van der Waals surface area contributed by atoms with E-state index in [0.717, 1.165) is 40.9 Å². The maximum Gasteiger partial charge on any atom is 0.115 e. The van der Waals surface area contributed by atoms with Crippen molar-refractivity contribution in [2.24, 2.45) is 0 Å². The van der Waals surface area contributed by atoms with Crippen LogP contribution in [0.5, 0.6) is 11.5 Å². The van der Waals surface area contributed by atoms with E-state index in [0.29, 0.717) is 0 Å². The van der Waals surface area contributed by atoms with E-state index >= 15 is 0 Å². The molecule has 0 amide bonds. The Balaban J connectivity index is 2.08. The van der Waals surface area contributed by atoms with Crippen LogP contribution in [0.1, 0.15) is 18.9 Å². The van der Waals surface area contributed by atoms with Gasteiger partial charge in [-0.25, -0.2) is 0 Å². The third kappa shape index (κ3) is 2.68. The van der Waals surface area contributed by atoms with Crippen molar-refractivity contribution in [1.82, 2.24) is 10.2 Å². The topological polar surface area (TPSA) is 69.1 Å². The van der Waals surface area contributed by atoms with Gasteiger partial charge in [-0.3, -0.25) is 5.10 Å². The number of aromatic nitrogens is 2. The number of phenols is 2. The van der Waals surface area contributed by atoms with E-state index < -0.39 is 0 Å². The maximum atomic E-state index is 9.44. The van der Waals surface area contributed by atoms with Crippen LogP contribution < -0.4 is 0 Å². The molecule has 3 aromatic rings. The molecular formula is C18H18N2O2. The third-order valence-corrected chi connectivity index (χ3v) is 3.66. The summed E-state index contributed by atoms with van der Waals surface area (Å²) in [5.41, 5.74) is 5.01. The van der Waals surface area contributed by atoms with E-state index in [9.17, 15) is 10.2 Å². The summed E-state index contributed by atoms with van der Waals surface area (Å²) in [6, 6.07) is 14.2. The minimum Gasteiger partial charge on any atom is -0.508 e. The molecule has 0 spiro atoms. The number of H-pyrrole nitrogens is 1. The quantitative estimate of drug-likeness (QED) is 0.678. The Kier molecular flexibility index (Phi) is 3.83. The van der Waals surface area contributed by atoms with Crippen LogP contribution in [-0.4, -0.2) is 20.4 Å². The molecule has 22 heavy (non-hydrogen) atoms. The highest BCUT2D eigenvalue weighted by Crippen LogP contribution is 2.32. The van der Waals surface area contributed by atoms with Gasteiger partial charge in [0.05, 0.1) is 11.4 Å². The van der Waals surface area contributed by atoms with Crippen LogP contribution in [0.2, 0.25) is 0 Å². The van der Waals surface area contributed by atoms with Gasteiger partial charge in [0.25, 0.3) is 0 Å². The molecule has 3 N–H and O–H groups in total. The van der Waals surface area contributed by atoms with Crippen LogP contribution in [0.25, 0.3) is 22.5 Å². The van der Waals surface area contributed by atoms with Gasteiger partial charge in [-0.05, 0) is 55.0 Å². The first kappa shape index (κ1) is 14.2. The van der Waals surface area contributed by atoms with E-state index in [1.54, 1.807) is 24.3 Å². The summed E-state index contributed by atoms with van der Waals surface area (Å²) in [5.74, 6) is 0.495. The fourth-order valence-corrected chi connectivity index (χ4v) is 2.58. The van der Waals surface area contributed by atoms with Gasteiger partial charge < -0.3 is 10.2 Å². The molecular weight excluding hydrogens is 276 g/mol. The standard InChI is InChI=1S/C18H18N2O2/c1-2-3-16-17(12-4-8-14(21)9-5-12)19-20-18(16)13-6-10-15(22)11-7-13/h4-11,21-22H,2-3H2,1H3,(H,19,20). The summed E-state index contributed by atoms with van der Waals surface area (Å²) in [7, 11) is 0. The van der Waals surface area contributed by atoms with E-state index in [1.807, 2.05) is 24.3 Å². The van der Waals surface area contributed by atoms with Gasteiger partial charge >= 0.3 is 0 Å². The second-order valence-electron chi connectivity index (χ2n) is 5.27. The largest absolute Gasteiger partial charge is 0.508 e. The summed E-state index contributed by atoms with van der Waals surface area (Å²) in [4.78, 5) is 0. The SMILES string of the molecule is CCCc1c(-c2ccc(O)cc2)n[nH]c1-c1ccc(O)cc1. The summed E-state index contributed by atoms with van der Waals surface area (Å²) in [6.45, 7) is 2.13. The molecule has 0 atom stereocenters. The highest BCUT2D eigenvalue weighted by Gasteiger charge is 2.15. The predicted molar refractivity (Wildman–Crippen MR) is 86.8 cm³/mol. The Morgan fingerprint density at radius 1 is 0.864 bits per heavy atom. The lowest BCUT2D eigenvalue weighted by Gasteiger charge is -2.06. The van der Waals surface area contributed by atoms with Gasteiger partial charge in [-0.15, -0.1) is 0 Å². The van der Waals surface area contributed by atoms with E-state index in [2.05, 4.69) is 17.1 Å². The number of phenolic OH excluding ortho intramolecular Hbond substituents is 2.